The van der Waals surface area contributed by atoms with Gasteiger partial charge in [0.25, 0.3) is 0 Å². The van der Waals surface area contributed by atoms with E-state index in [-0.39, 0.29) is 0 Å². The molecule has 2 rings (SSSR count). The van der Waals surface area contributed by atoms with Crippen LogP contribution in [0.5, 0.6) is 5.75 Å². The van der Waals surface area contributed by atoms with Gasteiger partial charge < -0.3 is 4.74 Å². The van der Waals surface area contributed by atoms with Gasteiger partial charge in [-0.15, -0.1) is 0 Å². The van der Waals surface area contributed by atoms with Crippen LogP contribution in [-0.4, -0.2) is 7.11 Å². The van der Waals surface area contributed by atoms with Crippen molar-refractivity contribution >= 4 is 0 Å². The summed E-state index contributed by atoms with van der Waals surface area (Å²) in [5.74, 6) is 0.897. The summed E-state index contributed by atoms with van der Waals surface area (Å²) in [6, 6.07) is 14.7. The van der Waals surface area contributed by atoms with Crippen molar-refractivity contribution in [3.63, 3.8) is 0 Å². The molecule has 2 aromatic carbocycles. The number of rotatable bonds is 2. The Balaban J connectivity index is 2.45. The lowest BCUT2D eigenvalue weighted by Gasteiger charge is -2.08. The fraction of sp³-hybridized carbons (Fsp3) is 0.200. The van der Waals surface area contributed by atoms with Crippen molar-refractivity contribution in [2.24, 2.45) is 0 Å². The Labute approximate surface area is 96.7 Å². The molecule has 2 aromatic rings. The molecule has 82 valence electrons. The van der Waals surface area contributed by atoms with E-state index in [1.165, 1.54) is 22.3 Å². The largest absolute Gasteiger partial charge is 0.497 e. The Morgan fingerprint density at radius 3 is 2.19 bits per heavy atom. The van der Waals surface area contributed by atoms with Gasteiger partial charge in [-0.2, -0.15) is 0 Å². The van der Waals surface area contributed by atoms with Crippen LogP contribution in [0.15, 0.2) is 42.5 Å². The van der Waals surface area contributed by atoms with E-state index in [1.807, 2.05) is 12.1 Å². The molecule has 0 saturated heterocycles. The summed E-state index contributed by atoms with van der Waals surface area (Å²) in [5.41, 5.74) is 5.12. The van der Waals surface area contributed by atoms with Gasteiger partial charge in [0, 0.05) is 0 Å². The highest BCUT2D eigenvalue weighted by molar-refractivity contribution is 5.68. The van der Waals surface area contributed by atoms with E-state index in [2.05, 4.69) is 44.2 Å². The molecule has 0 unspecified atom stereocenters. The number of hydrogen-bond acceptors (Lipinski definition) is 1. The molecule has 0 aliphatic heterocycles. The molecule has 0 atom stereocenters. The van der Waals surface area contributed by atoms with Gasteiger partial charge in [-0.25, -0.2) is 0 Å². The molecule has 0 saturated carbocycles. The highest BCUT2D eigenvalue weighted by Crippen LogP contribution is 2.26. The monoisotopic (exact) mass is 212 g/mol. The third-order valence-corrected chi connectivity index (χ3v) is 2.79. The van der Waals surface area contributed by atoms with Crippen molar-refractivity contribution in [2.75, 3.05) is 7.11 Å². The Kier molecular flexibility index (Phi) is 2.95. The summed E-state index contributed by atoms with van der Waals surface area (Å²) in [5, 5.41) is 0. The van der Waals surface area contributed by atoms with Crippen molar-refractivity contribution in [3.05, 3.63) is 53.6 Å². The van der Waals surface area contributed by atoms with Gasteiger partial charge in [-0.3, -0.25) is 0 Å². The third-order valence-electron chi connectivity index (χ3n) is 2.79. The van der Waals surface area contributed by atoms with Gasteiger partial charge >= 0.3 is 0 Å². The topological polar surface area (TPSA) is 9.23 Å². The Morgan fingerprint density at radius 2 is 1.56 bits per heavy atom. The fourth-order valence-corrected chi connectivity index (χ4v) is 1.82. The number of methoxy groups -OCH3 is 1. The Morgan fingerprint density at radius 1 is 0.875 bits per heavy atom. The predicted molar refractivity (Wildman–Crippen MR) is 67.9 cm³/mol. The van der Waals surface area contributed by atoms with Gasteiger partial charge in [0.2, 0.25) is 0 Å². The molecule has 0 radical (unpaired) electrons. The molecular formula is C15H16O. The van der Waals surface area contributed by atoms with Crippen LogP contribution >= 0.6 is 0 Å². The zero-order chi connectivity index (χ0) is 11.5. The van der Waals surface area contributed by atoms with Gasteiger partial charge in [0.1, 0.15) is 5.75 Å². The van der Waals surface area contributed by atoms with Gasteiger partial charge in [0.15, 0.2) is 0 Å². The number of aryl methyl sites for hydroxylation is 2. The minimum Gasteiger partial charge on any atom is -0.497 e. The molecule has 1 heteroatoms. The average Bonchev–Trinajstić information content (AvgIpc) is 2.32. The quantitative estimate of drug-likeness (QED) is 0.731. The number of hydrogen-bond donors (Lipinski definition) is 0. The molecular weight excluding hydrogens is 196 g/mol. The van der Waals surface area contributed by atoms with Crippen LogP contribution in [-0.2, 0) is 0 Å². The zero-order valence-corrected chi connectivity index (χ0v) is 9.95. The predicted octanol–water partition coefficient (Wildman–Crippen LogP) is 3.98. The molecule has 0 aliphatic rings. The minimum absolute atomic E-state index is 0.897. The van der Waals surface area contributed by atoms with Crippen molar-refractivity contribution in [1.29, 1.82) is 0 Å². The summed E-state index contributed by atoms with van der Waals surface area (Å²) >= 11 is 0. The maximum absolute atomic E-state index is 5.16. The molecule has 0 fully saturated rings. The molecule has 0 aliphatic carbocycles. The lowest BCUT2D eigenvalue weighted by Crippen LogP contribution is -1.86. The van der Waals surface area contributed by atoms with Crippen molar-refractivity contribution in [3.8, 4) is 16.9 Å². The standard InChI is InChI=1S/C15H16O/c1-11-4-5-12(2)15(10-11)13-6-8-14(16-3)9-7-13/h4-10H,1-3H3. The summed E-state index contributed by atoms with van der Waals surface area (Å²) < 4.78 is 5.16. The SMILES string of the molecule is COc1ccc(-c2cc(C)ccc2C)cc1. The van der Waals surface area contributed by atoms with Gasteiger partial charge in [0.05, 0.1) is 7.11 Å². The summed E-state index contributed by atoms with van der Waals surface area (Å²) in [7, 11) is 1.69. The third kappa shape index (κ3) is 2.08. The smallest absolute Gasteiger partial charge is 0.118 e. The number of ether oxygens (including phenoxy) is 1. The molecule has 0 aromatic heterocycles. The summed E-state index contributed by atoms with van der Waals surface area (Å²) in [6.45, 7) is 4.26. The first-order valence-electron chi connectivity index (χ1n) is 5.42. The highest BCUT2D eigenvalue weighted by Gasteiger charge is 2.02. The first-order chi connectivity index (χ1) is 7.70. The molecule has 0 bridgehead atoms. The van der Waals surface area contributed by atoms with Crippen LogP contribution in [0.3, 0.4) is 0 Å². The molecule has 0 amide bonds. The van der Waals surface area contributed by atoms with Gasteiger partial charge in [-0.1, -0.05) is 35.9 Å². The minimum atomic E-state index is 0.897. The van der Waals surface area contributed by atoms with Crippen molar-refractivity contribution in [1.82, 2.24) is 0 Å². The van der Waals surface area contributed by atoms with E-state index >= 15 is 0 Å². The first kappa shape index (κ1) is 10.7. The van der Waals surface area contributed by atoms with Crippen molar-refractivity contribution in [2.45, 2.75) is 13.8 Å². The average molecular weight is 212 g/mol. The van der Waals surface area contributed by atoms with E-state index in [4.69, 9.17) is 4.74 Å². The maximum Gasteiger partial charge on any atom is 0.118 e. The fourth-order valence-electron chi connectivity index (χ4n) is 1.82. The maximum atomic E-state index is 5.16. The number of benzene rings is 2. The second-order valence-electron chi connectivity index (χ2n) is 4.05. The Bertz CT molecular complexity index is 483. The normalized spacial score (nSPS) is 10.2. The molecule has 0 heterocycles. The lowest BCUT2D eigenvalue weighted by molar-refractivity contribution is 0.415. The van der Waals surface area contributed by atoms with Crippen LogP contribution in [0.1, 0.15) is 11.1 Å². The van der Waals surface area contributed by atoms with E-state index < -0.39 is 0 Å². The molecule has 0 N–H and O–H groups in total. The van der Waals surface area contributed by atoms with E-state index in [9.17, 15) is 0 Å². The Hall–Kier alpha value is -1.76. The summed E-state index contributed by atoms with van der Waals surface area (Å²) in [6.07, 6.45) is 0. The first-order valence-corrected chi connectivity index (χ1v) is 5.42. The van der Waals surface area contributed by atoms with Crippen LogP contribution in [0.25, 0.3) is 11.1 Å². The molecule has 1 nitrogen and oxygen atoms in total. The molecule has 0 spiro atoms. The van der Waals surface area contributed by atoms with Crippen LogP contribution in [0.4, 0.5) is 0 Å². The summed E-state index contributed by atoms with van der Waals surface area (Å²) in [4.78, 5) is 0. The zero-order valence-electron chi connectivity index (χ0n) is 9.95. The lowest BCUT2D eigenvalue weighted by atomic mass is 9.98. The highest BCUT2D eigenvalue weighted by atomic mass is 16.5. The van der Waals surface area contributed by atoms with Gasteiger partial charge in [-0.05, 0) is 42.7 Å². The van der Waals surface area contributed by atoms with Crippen LogP contribution in [0, 0.1) is 13.8 Å². The van der Waals surface area contributed by atoms with E-state index in [0.29, 0.717) is 0 Å². The van der Waals surface area contributed by atoms with Crippen LogP contribution < -0.4 is 4.74 Å². The molecule has 16 heavy (non-hydrogen) atoms. The second-order valence-corrected chi connectivity index (χ2v) is 4.05. The van der Waals surface area contributed by atoms with Crippen molar-refractivity contribution < 1.29 is 4.74 Å². The van der Waals surface area contributed by atoms with E-state index in [1.54, 1.807) is 7.11 Å². The second kappa shape index (κ2) is 4.40. The van der Waals surface area contributed by atoms with E-state index in [0.717, 1.165) is 5.75 Å². The van der Waals surface area contributed by atoms with Crippen LogP contribution in [0.2, 0.25) is 0 Å².